The van der Waals surface area contributed by atoms with Gasteiger partial charge in [-0.25, -0.2) is 4.39 Å². The van der Waals surface area contributed by atoms with Gasteiger partial charge in [-0.3, -0.25) is 4.90 Å². The number of ether oxygens (including phenoxy) is 1. The summed E-state index contributed by atoms with van der Waals surface area (Å²) < 4.78 is 19.1. The minimum Gasteiger partial charge on any atom is -0.390 e. The van der Waals surface area contributed by atoms with Crippen LogP contribution in [0.25, 0.3) is 0 Å². The van der Waals surface area contributed by atoms with E-state index in [1.807, 2.05) is 6.92 Å². The Morgan fingerprint density at radius 3 is 2.81 bits per heavy atom. The predicted octanol–water partition coefficient (Wildman–Crippen LogP) is 1.82. The Morgan fingerprint density at radius 1 is 1.43 bits per heavy atom. The van der Waals surface area contributed by atoms with Gasteiger partial charge in [0.15, 0.2) is 0 Å². The van der Waals surface area contributed by atoms with E-state index < -0.39 is 6.10 Å². The zero-order valence-corrected chi connectivity index (χ0v) is 12.9. The minimum absolute atomic E-state index is 0.252. The maximum Gasteiger partial charge on any atom is 0.129 e. The zero-order chi connectivity index (χ0) is 15.2. The van der Waals surface area contributed by atoms with Crippen molar-refractivity contribution in [1.29, 1.82) is 0 Å². The lowest BCUT2D eigenvalue weighted by molar-refractivity contribution is 0.0145. The summed E-state index contributed by atoms with van der Waals surface area (Å²) in [6, 6.07) is 4.39. The van der Waals surface area contributed by atoms with E-state index >= 15 is 0 Å². The third kappa shape index (κ3) is 4.90. The van der Waals surface area contributed by atoms with Crippen molar-refractivity contribution in [1.82, 2.24) is 10.2 Å². The molecule has 2 N–H and O–H groups in total. The van der Waals surface area contributed by atoms with E-state index in [0.29, 0.717) is 36.9 Å². The second-order valence-corrected chi connectivity index (χ2v) is 5.74. The molecule has 1 aliphatic heterocycles. The van der Waals surface area contributed by atoms with Crippen LogP contribution < -0.4 is 5.32 Å². The first-order valence-electron chi connectivity index (χ1n) is 7.23. The van der Waals surface area contributed by atoms with Crippen LogP contribution in [0.4, 0.5) is 4.39 Å². The molecule has 2 atom stereocenters. The maximum absolute atomic E-state index is 13.8. The summed E-state index contributed by atoms with van der Waals surface area (Å²) in [7, 11) is 0. The summed E-state index contributed by atoms with van der Waals surface area (Å²) >= 11 is 6.03. The molecule has 0 bridgehead atoms. The number of nitrogens with one attached hydrogen (secondary N) is 1. The van der Waals surface area contributed by atoms with Crippen molar-refractivity contribution in [2.75, 3.05) is 39.4 Å². The summed E-state index contributed by atoms with van der Waals surface area (Å²) in [6.07, 6.45) is -0.504. The van der Waals surface area contributed by atoms with Gasteiger partial charge in [-0.2, -0.15) is 0 Å². The summed E-state index contributed by atoms with van der Waals surface area (Å²) in [4.78, 5) is 2.16. The van der Waals surface area contributed by atoms with Gasteiger partial charge in [-0.1, -0.05) is 17.7 Å². The highest BCUT2D eigenvalue weighted by atomic mass is 35.5. The number of hydrogen-bond donors (Lipinski definition) is 2. The van der Waals surface area contributed by atoms with E-state index in [1.54, 1.807) is 12.1 Å². The van der Waals surface area contributed by atoms with Crippen molar-refractivity contribution < 1.29 is 14.2 Å². The number of nitrogens with zero attached hydrogens (tertiary/aromatic N) is 1. The highest BCUT2D eigenvalue weighted by molar-refractivity contribution is 6.31. The lowest BCUT2D eigenvalue weighted by Crippen LogP contribution is -2.44. The minimum atomic E-state index is -0.504. The Balaban J connectivity index is 1.81. The Morgan fingerprint density at radius 2 is 2.14 bits per heavy atom. The van der Waals surface area contributed by atoms with E-state index in [9.17, 15) is 9.50 Å². The van der Waals surface area contributed by atoms with Crippen LogP contribution in [0.15, 0.2) is 18.2 Å². The molecule has 1 fully saturated rings. The number of benzene rings is 1. The first kappa shape index (κ1) is 16.6. The normalized spacial score (nSPS) is 19.4. The number of morpholine rings is 1. The average molecular weight is 317 g/mol. The second kappa shape index (κ2) is 8.06. The van der Waals surface area contributed by atoms with Crippen LogP contribution in [0, 0.1) is 5.82 Å². The zero-order valence-electron chi connectivity index (χ0n) is 12.2. The Labute approximate surface area is 129 Å². The van der Waals surface area contributed by atoms with Crippen molar-refractivity contribution in [2.45, 2.75) is 19.1 Å². The average Bonchev–Trinajstić information content (AvgIpc) is 2.46. The molecular formula is C15H22ClFN2O2. The molecule has 0 spiro atoms. The fourth-order valence-electron chi connectivity index (χ4n) is 2.49. The highest BCUT2D eigenvalue weighted by Gasteiger charge is 2.18. The van der Waals surface area contributed by atoms with E-state index in [1.165, 1.54) is 6.07 Å². The van der Waals surface area contributed by atoms with Gasteiger partial charge >= 0.3 is 0 Å². The largest absolute Gasteiger partial charge is 0.390 e. The lowest BCUT2D eigenvalue weighted by atomic mass is 10.1. The lowest BCUT2D eigenvalue weighted by Gasteiger charge is -2.29. The third-order valence-corrected chi connectivity index (χ3v) is 3.99. The number of rotatable bonds is 6. The monoisotopic (exact) mass is 316 g/mol. The van der Waals surface area contributed by atoms with Crippen LogP contribution in [0.1, 0.15) is 18.5 Å². The van der Waals surface area contributed by atoms with Gasteiger partial charge in [0, 0.05) is 42.8 Å². The highest BCUT2D eigenvalue weighted by Crippen LogP contribution is 2.25. The number of aliphatic hydroxyl groups excluding tert-OH is 1. The van der Waals surface area contributed by atoms with Crippen LogP contribution in [0.3, 0.4) is 0 Å². The summed E-state index contributed by atoms with van der Waals surface area (Å²) in [5.74, 6) is -0.329. The molecular weight excluding hydrogens is 295 g/mol. The van der Waals surface area contributed by atoms with E-state index in [4.69, 9.17) is 16.3 Å². The number of hydrogen-bond acceptors (Lipinski definition) is 4. The molecule has 0 radical (unpaired) electrons. The molecule has 1 aromatic rings. The molecule has 0 aliphatic carbocycles. The standard InChI is InChI=1S/C15H22ClFN2O2/c1-11(15-13(16)3-2-4-14(15)17)18-9-12(20)10-19-5-7-21-8-6-19/h2-4,11-12,18,20H,5-10H2,1H3. The van der Waals surface area contributed by atoms with Crippen molar-refractivity contribution in [2.24, 2.45) is 0 Å². The molecule has 6 heteroatoms. The quantitative estimate of drug-likeness (QED) is 0.840. The Hall–Kier alpha value is -0.720. The van der Waals surface area contributed by atoms with Gasteiger partial charge in [0.25, 0.3) is 0 Å². The molecule has 0 amide bonds. The van der Waals surface area contributed by atoms with Crippen LogP contribution >= 0.6 is 11.6 Å². The Kier molecular flexibility index (Phi) is 6.39. The van der Waals surface area contributed by atoms with Crippen molar-refractivity contribution >= 4 is 11.6 Å². The topological polar surface area (TPSA) is 44.7 Å². The number of halogens is 2. The summed E-state index contributed by atoms with van der Waals surface area (Å²) in [6.45, 7) is 5.92. The van der Waals surface area contributed by atoms with Gasteiger partial charge in [-0.15, -0.1) is 0 Å². The van der Waals surface area contributed by atoms with Gasteiger partial charge in [-0.05, 0) is 19.1 Å². The van der Waals surface area contributed by atoms with Gasteiger partial charge in [0.2, 0.25) is 0 Å². The molecule has 1 aromatic carbocycles. The summed E-state index contributed by atoms with van der Waals surface area (Å²) in [5, 5.41) is 13.6. The molecule has 2 unspecified atom stereocenters. The molecule has 0 aromatic heterocycles. The maximum atomic E-state index is 13.8. The smallest absolute Gasteiger partial charge is 0.129 e. The fraction of sp³-hybridized carbons (Fsp3) is 0.600. The van der Waals surface area contributed by atoms with Gasteiger partial charge < -0.3 is 15.2 Å². The van der Waals surface area contributed by atoms with Crippen molar-refractivity contribution in [3.8, 4) is 0 Å². The van der Waals surface area contributed by atoms with Crippen LogP contribution in [-0.2, 0) is 4.74 Å². The number of β-amino-alcohol motifs (C(OH)–C–C–N with tert-alkyl or cyclic N) is 1. The number of aliphatic hydroxyl groups is 1. The first-order chi connectivity index (χ1) is 10.1. The molecule has 0 saturated carbocycles. The van der Waals surface area contributed by atoms with Gasteiger partial charge in [0.1, 0.15) is 5.82 Å². The fourth-order valence-corrected chi connectivity index (χ4v) is 2.81. The van der Waals surface area contributed by atoms with E-state index in [-0.39, 0.29) is 11.9 Å². The summed E-state index contributed by atoms with van der Waals surface area (Å²) in [5.41, 5.74) is 0.442. The SMILES string of the molecule is CC(NCC(O)CN1CCOCC1)c1c(F)cccc1Cl. The van der Waals surface area contributed by atoms with Crippen LogP contribution in [0.2, 0.25) is 5.02 Å². The molecule has 118 valence electrons. The van der Waals surface area contributed by atoms with E-state index in [2.05, 4.69) is 10.2 Å². The first-order valence-corrected chi connectivity index (χ1v) is 7.61. The van der Waals surface area contributed by atoms with Crippen molar-refractivity contribution in [3.05, 3.63) is 34.6 Å². The molecule has 4 nitrogen and oxygen atoms in total. The third-order valence-electron chi connectivity index (χ3n) is 3.67. The second-order valence-electron chi connectivity index (χ2n) is 5.33. The molecule has 2 rings (SSSR count). The molecule has 1 heterocycles. The van der Waals surface area contributed by atoms with E-state index in [0.717, 1.165) is 13.1 Å². The molecule has 1 aliphatic rings. The molecule has 1 saturated heterocycles. The molecule has 21 heavy (non-hydrogen) atoms. The van der Waals surface area contributed by atoms with Crippen LogP contribution in [-0.4, -0.2) is 55.5 Å². The van der Waals surface area contributed by atoms with Gasteiger partial charge in [0.05, 0.1) is 19.3 Å². The predicted molar refractivity (Wildman–Crippen MR) is 81.1 cm³/mol. The van der Waals surface area contributed by atoms with Crippen molar-refractivity contribution in [3.63, 3.8) is 0 Å². The Bertz CT molecular complexity index is 435. The van der Waals surface area contributed by atoms with Crippen LogP contribution in [0.5, 0.6) is 0 Å².